The number of ether oxygens (including phenoxy) is 1. The third-order valence-electron chi connectivity index (χ3n) is 3.14. The summed E-state index contributed by atoms with van der Waals surface area (Å²) in [5.41, 5.74) is 1.23. The van der Waals surface area contributed by atoms with Crippen LogP contribution >= 0.6 is 11.6 Å². The third kappa shape index (κ3) is 2.16. The first kappa shape index (κ1) is 12.7. The molecule has 1 aliphatic heterocycles. The molecule has 0 spiro atoms. The molecule has 1 amide bonds. The van der Waals surface area contributed by atoms with Crippen molar-refractivity contribution in [3.63, 3.8) is 0 Å². The van der Waals surface area contributed by atoms with Crippen molar-refractivity contribution in [2.24, 2.45) is 0 Å². The van der Waals surface area contributed by atoms with Crippen molar-refractivity contribution >= 4 is 23.4 Å². The van der Waals surface area contributed by atoms with E-state index in [0.29, 0.717) is 10.7 Å². The first-order valence-corrected chi connectivity index (χ1v) is 6.40. The van der Waals surface area contributed by atoms with E-state index in [1.807, 2.05) is 30.3 Å². The molecule has 0 radical (unpaired) electrons. The van der Waals surface area contributed by atoms with Crippen LogP contribution in [0.25, 0.3) is 0 Å². The summed E-state index contributed by atoms with van der Waals surface area (Å²) in [6, 6.07) is 10.5. The van der Waals surface area contributed by atoms with Crippen LogP contribution in [0.2, 0.25) is 5.02 Å². The molecule has 0 bridgehead atoms. The van der Waals surface area contributed by atoms with E-state index in [1.165, 1.54) is 11.1 Å². The summed E-state index contributed by atoms with van der Waals surface area (Å²) < 4.78 is 5.55. The van der Waals surface area contributed by atoms with E-state index in [9.17, 15) is 9.90 Å². The number of halogens is 1. The van der Waals surface area contributed by atoms with E-state index in [4.69, 9.17) is 16.3 Å². The van der Waals surface area contributed by atoms with Gasteiger partial charge in [-0.3, -0.25) is 4.90 Å². The Balaban J connectivity index is 2.08. The minimum absolute atomic E-state index is 0.220. The molecule has 1 aromatic heterocycles. The maximum absolute atomic E-state index is 11.6. The average molecular weight is 291 g/mol. The number of hydrogen-bond acceptors (Lipinski definition) is 3. The second kappa shape index (κ2) is 5.02. The Labute approximate surface area is 120 Å². The van der Waals surface area contributed by atoms with Gasteiger partial charge in [0.15, 0.2) is 0 Å². The number of hydrogen-bond donors (Lipinski definition) is 1. The lowest BCUT2D eigenvalue weighted by Crippen LogP contribution is -2.40. The average Bonchev–Trinajstić information content (AvgIpc) is 2.46. The first-order chi connectivity index (χ1) is 9.66. The summed E-state index contributed by atoms with van der Waals surface area (Å²) >= 11 is 5.90. The van der Waals surface area contributed by atoms with Crippen LogP contribution in [0.5, 0.6) is 5.88 Å². The number of pyridine rings is 1. The zero-order chi connectivity index (χ0) is 14.1. The van der Waals surface area contributed by atoms with Gasteiger partial charge in [0.05, 0.1) is 11.1 Å². The molecule has 1 atom stereocenters. The van der Waals surface area contributed by atoms with Gasteiger partial charge in [0, 0.05) is 6.20 Å². The van der Waals surface area contributed by atoms with Crippen LogP contribution in [0.15, 0.2) is 42.6 Å². The standard InChI is InChI=1S/C14H11ClN2O3/c15-10-6-11-13(16-7-10)20-8-12(17(11)14(18)19)9-4-2-1-3-5-9/h1-7,12H,8H2,(H,18,19). The van der Waals surface area contributed by atoms with Crippen molar-refractivity contribution in [2.75, 3.05) is 11.5 Å². The third-order valence-corrected chi connectivity index (χ3v) is 3.35. The minimum atomic E-state index is -1.06. The number of rotatable bonds is 1. The van der Waals surface area contributed by atoms with E-state index < -0.39 is 12.1 Å². The maximum Gasteiger partial charge on any atom is 0.412 e. The largest absolute Gasteiger partial charge is 0.474 e. The van der Waals surface area contributed by atoms with Crippen LogP contribution in [0.1, 0.15) is 11.6 Å². The molecule has 1 aromatic carbocycles. The molecule has 0 fully saturated rings. The number of carbonyl (C=O) groups is 1. The lowest BCUT2D eigenvalue weighted by atomic mass is 10.0. The molecule has 0 aliphatic carbocycles. The van der Waals surface area contributed by atoms with Gasteiger partial charge in [0.25, 0.3) is 0 Å². The highest BCUT2D eigenvalue weighted by molar-refractivity contribution is 6.30. The number of nitrogens with zero attached hydrogens (tertiary/aromatic N) is 2. The smallest absolute Gasteiger partial charge is 0.412 e. The Bertz CT molecular complexity index is 648. The van der Waals surface area contributed by atoms with Gasteiger partial charge < -0.3 is 9.84 Å². The Kier molecular flexibility index (Phi) is 3.20. The number of carboxylic acid groups (broad SMARTS) is 1. The summed E-state index contributed by atoms with van der Waals surface area (Å²) in [6.45, 7) is 0.220. The van der Waals surface area contributed by atoms with E-state index in [-0.39, 0.29) is 12.5 Å². The zero-order valence-corrected chi connectivity index (χ0v) is 11.1. The molecule has 2 heterocycles. The molecule has 102 valence electrons. The molecule has 1 N–H and O–H groups in total. The predicted octanol–water partition coefficient (Wildman–Crippen LogP) is 3.35. The van der Waals surface area contributed by atoms with Gasteiger partial charge in [0.2, 0.25) is 5.88 Å². The summed E-state index contributed by atoms with van der Waals surface area (Å²) in [7, 11) is 0. The molecule has 2 aromatic rings. The van der Waals surface area contributed by atoms with E-state index >= 15 is 0 Å². The molecule has 1 unspecified atom stereocenters. The van der Waals surface area contributed by atoms with Crippen LogP contribution < -0.4 is 9.64 Å². The molecule has 0 saturated carbocycles. The molecule has 20 heavy (non-hydrogen) atoms. The van der Waals surface area contributed by atoms with Crippen LogP contribution in [0.3, 0.4) is 0 Å². The Morgan fingerprint density at radius 1 is 1.40 bits per heavy atom. The molecule has 1 aliphatic rings. The number of benzene rings is 1. The van der Waals surface area contributed by atoms with Crippen molar-refractivity contribution in [1.82, 2.24) is 4.98 Å². The van der Waals surface area contributed by atoms with Gasteiger partial charge in [-0.15, -0.1) is 0 Å². The lowest BCUT2D eigenvalue weighted by Gasteiger charge is -2.34. The molecule has 6 heteroatoms. The van der Waals surface area contributed by atoms with Crippen LogP contribution in [-0.4, -0.2) is 22.8 Å². The normalized spacial score (nSPS) is 17.2. The summed E-state index contributed by atoms with van der Waals surface area (Å²) in [5.74, 6) is 0.281. The van der Waals surface area contributed by atoms with Gasteiger partial charge in [-0.1, -0.05) is 41.9 Å². The van der Waals surface area contributed by atoms with Crippen molar-refractivity contribution in [2.45, 2.75) is 6.04 Å². The topological polar surface area (TPSA) is 62.7 Å². The lowest BCUT2D eigenvalue weighted by molar-refractivity contribution is 0.186. The molecular formula is C14H11ClN2O3. The SMILES string of the molecule is O=C(O)N1c2cc(Cl)cnc2OCC1c1ccccc1. The number of fused-ring (bicyclic) bond motifs is 1. The Morgan fingerprint density at radius 3 is 2.85 bits per heavy atom. The summed E-state index contributed by atoms with van der Waals surface area (Å²) in [4.78, 5) is 16.9. The van der Waals surface area contributed by atoms with Crippen LogP contribution in [0, 0.1) is 0 Å². The quantitative estimate of drug-likeness (QED) is 0.875. The zero-order valence-electron chi connectivity index (χ0n) is 10.4. The molecule has 0 saturated heterocycles. The predicted molar refractivity (Wildman–Crippen MR) is 74.4 cm³/mol. The Morgan fingerprint density at radius 2 is 2.15 bits per heavy atom. The van der Waals surface area contributed by atoms with Gasteiger partial charge in [-0.25, -0.2) is 9.78 Å². The van der Waals surface area contributed by atoms with Gasteiger partial charge in [-0.05, 0) is 11.6 Å². The van der Waals surface area contributed by atoms with Gasteiger partial charge in [-0.2, -0.15) is 0 Å². The summed E-state index contributed by atoms with van der Waals surface area (Å²) in [6.07, 6.45) is 0.371. The fourth-order valence-corrected chi connectivity index (χ4v) is 2.41. The fourth-order valence-electron chi connectivity index (χ4n) is 2.26. The van der Waals surface area contributed by atoms with E-state index in [2.05, 4.69) is 4.98 Å². The number of anilines is 1. The molecule has 3 rings (SSSR count). The second-order valence-corrected chi connectivity index (χ2v) is 4.80. The van der Waals surface area contributed by atoms with Crippen molar-refractivity contribution < 1.29 is 14.6 Å². The summed E-state index contributed by atoms with van der Waals surface area (Å²) in [5, 5.41) is 9.88. The van der Waals surface area contributed by atoms with Gasteiger partial charge >= 0.3 is 6.09 Å². The van der Waals surface area contributed by atoms with E-state index in [0.717, 1.165) is 5.56 Å². The van der Waals surface area contributed by atoms with Crippen molar-refractivity contribution in [1.29, 1.82) is 0 Å². The Hall–Kier alpha value is -2.27. The fraction of sp³-hybridized carbons (Fsp3) is 0.143. The van der Waals surface area contributed by atoms with Crippen LogP contribution in [-0.2, 0) is 0 Å². The second-order valence-electron chi connectivity index (χ2n) is 4.37. The number of aromatic nitrogens is 1. The van der Waals surface area contributed by atoms with Crippen LogP contribution in [0.4, 0.5) is 10.5 Å². The minimum Gasteiger partial charge on any atom is -0.474 e. The van der Waals surface area contributed by atoms with Gasteiger partial charge in [0.1, 0.15) is 12.3 Å². The monoisotopic (exact) mass is 290 g/mol. The number of amides is 1. The highest BCUT2D eigenvalue weighted by Gasteiger charge is 2.34. The molecular weight excluding hydrogens is 280 g/mol. The highest BCUT2D eigenvalue weighted by Crippen LogP contribution is 2.39. The van der Waals surface area contributed by atoms with Crippen molar-refractivity contribution in [3.8, 4) is 5.88 Å². The highest BCUT2D eigenvalue weighted by atomic mass is 35.5. The maximum atomic E-state index is 11.6. The van der Waals surface area contributed by atoms with E-state index in [1.54, 1.807) is 6.07 Å². The van der Waals surface area contributed by atoms with Crippen molar-refractivity contribution in [3.05, 3.63) is 53.2 Å². The molecule has 5 nitrogen and oxygen atoms in total. The first-order valence-electron chi connectivity index (χ1n) is 6.02.